The highest BCUT2D eigenvalue weighted by atomic mass is 79.9. The lowest BCUT2D eigenvalue weighted by Crippen LogP contribution is -2.52. The second-order valence-electron chi connectivity index (χ2n) is 8.85. The highest BCUT2D eigenvalue weighted by Gasteiger charge is 2.32. The van der Waals surface area contributed by atoms with Crippen molar-refractivity contribution in [2.45, 2.75) is 25.9 Å². The summed E-state index contributed by atoms with van der Waals surface area (Å²) in [7, 11) is -2.41. The summed E-state index contributed by atoms with van der Waals surface area (Å²) in [6.45, 7) is 0.914. The predicted octanol–water partition coefficient (Wildman–Crippen LogP) is 3.80. The highest BCUT2D eigenvalue weighted by molar-refractivity contribution is 9.10. The lowest BCUT2D eigenvalue weighted by molar-refractivity contribution is -0.139. The molecule has 0 saturated heterocycles. The van der Waals surface area contributed by atoms with E-state index in [4.69, 9.17) is 0 Å². The first kappa shape index (κ1) is 29.1. The Hall–Kier alpha value is -3.50. The van der Waals surface area contributed by atoms with Crippen LogP contribution in [0.3, 0.4) is 0 Å². The van der Waals surface area contributed by atoms with E-state index in [0.717, 1.165) is 26.2 Å². The van der Waals surface area contributed by atoms with E-state index in [1.165, 1.54) is 31.0 Å². The van der Waals surface area contributed by atoms with Gasteiger partial charge in [-0.1, -0.05) is 70.5 Å². The van der Waals surface area contributed by atoms with Crippen molar-refractivity contribution in [2.24, 2.45) is 0 Å². The summed E-state index contributed by atoms with van der Waals surface area (Å²) in [6.07, 6.45) is 1.23. The van der Waals surface area contributed by atoms with Gasteiger partial charge in [0.2, 0.25) is 21.8 Å². The molecule has 1 atom stereocenters. The van der Waals surface area contributed by atoms with Crippen molar-refractivity contribution < 1.29 is 22.8 Å². The minimum absolute atomic E-state index is 0.0777. The largest absolute Gasteiger partial charge is 0.357 e. The van der Waals surface area contributed by atoms with E-state index in [1.807, 2.05) is 54.6 Å². The van der Waals surface area contributed by atoms with Crippen molar-refractivity contribution in [1.82, 2.24) is 10.2 Å². The molecule has 0 unspecified atom stereocenters. The zero-order valence-electron chi connectivity index (χ0n) is 21.4. The lowest BCUT2D eigenvalue weighted by Gasteiger charge is -2.33. The first-order valence-corrected chi connectivity index (χ1v) is 14.5. The Morgan fingerprint density at radius 1 is 0.921 bits per heavy atom. The second-order valence-corrected chi connectivity index (χ2v) is 11.7. The van der Waals surface area contributed by atoms with Gasteiger partial charge in [0.05, 0.1) is 11.9 Å². The van der Waals surface area contributed by atoms with Crippen LogP contribution in [0.2, 0.25) is 0 Å². The molecule has 0 fully saturated rings. The number of carbonyl (C=O) groups excluding carboxylic acids is 3. The fourth-order valence-corrected chi connectivity index (χ4v) is 5.33. The summed E-state index contributed by atoms with van der Waals surface area (Å²) in [6, 6.07) is 21.9. The number of hydrogen-bond donors (Lipinski definition) is 1. The van der Waals surface area contributed by atoms with E-state index in [1.54, 1.807) is 12.1 Å². The summed E-state index contributed by atoms with van der Waals surface area (Å²) >= 11 is 3.44. The normalized spacial score (nSPS) is 11.9. The van der Waals surface area contributed by atoms with Crippen molar-refractivity contribution in [3.05, 3.63) is 100 Å². The Morgan fingerprint density at radius 3 is 2.18 bits per heavy atom. The molecule has 1 N–H and O–H groups in total. The zero-order valence-corrected chi connectivity index (χ0v) is 23.8. The molecular weight excluding hydrogens is 570 g/mol. The van der Waals surface area contributed by atoms with Crippen molar-refractivity contribution in [2.75, 3.05) is 24.2 Å². The third-order valence-corrected chi connectivity index (χ3v) is 7.61. The second kappa shape index (κ2) is 12.8. The van der Waals surface area contributed by atoms with Gasteiger partial charge in [0.15, 0.2) is 5.78 Å². The van der Waals surface area contributed by atoms with Gasteiger partial charge >= 0.3 is 0 Å². The van der Waals surface area contributed by atoms with Crippen molar-refractivity contribution in [3.63, 3.8) is 0 Å². The number of ketones is 1. The molecule has 200 valence electrons. The Kier molecular flexibility index (Phi) is 9.82. The molecule has 10 heteroatoms. The van der Waals surface area contributed by atoms with E-state index in [0.29, 0.717) is 5.56 Å². The van der Waals surface area contributed by atoms with Crippen LogP contribution in [0.15, 0.2) is 83.3 Å². The third kappa shape index (κ3) is 7.75. The van der Waals surface area contributed by atoms with Crippen LogP contribution in [0.4, 0.5) is 5.69 Å². The molecule has 0 aliphatic rings. The van der Waals surface area contributed by atoms with Crippen LogP contribution in [-0.2, 0) is 32.6 Å². The summed E-state index contributed by atoms with van der Waals surface area (Å²) in [5.41, 5.74) is 2.12. The van der Waals surface area contributed by atoms with E-state index in [2.05, 4.69) is 21.2 Å². The van der Waals surface area contributed by atoms with Gasteiger partial charge in [-0.3, -0.25) is 18.7 Å². The molecule has 8 nitrogen and oxygen atoms in total. The first-order chi connectivity index (χ1) is 18.0. The predicted molar refractivity (Wildman–Crippen MR) is 151 cm³/mol. The zero-order chi connectivity index (χ0) is 27.9. The number of nitrogens with one attached hydrogen (secondary N) is 1. The standard InChI is InChI=1S/C28H30BrN3O5S/c1-20(33)23-12-8-14-25(17-23)32(38(3,36)37)19-27(34)31(18-22-11-7-13-24(29)15-22)26(28(35)30-2)16-21-9-5-4-6-10-21/h4-15,17,26H,16,18-19H2,1-3H3,(H,30,35)/t26-/m0/s1. The molecule has 3 aromatic carbocycles. The van der Waals surface area contributed by atoms with Gasteiger partial charge < -0.3 is 10.2 Å². The fourth-order valence-electron chi connectivity index (χ4n) is 4.05. The number of halogens is 1. The summed E-state index contributed by atoms with van der Waals surface area (Å²) in [4.78, 5) is 40.3. The van der Waals surface area contributed by atoms with Crippen molar-refractivity contribution >= 4 is 49.2 Å². The van der Waals surface area contributed by atoms with Crippen LogP contribution in [0.25, 0.3) is 0 Å². The Labute approximate surface area is 231 Å². The van der Waals surface area contributed by atoms with Crippen LogP contribution in [0, 0.1) is 0 Å². The van der Waals surface area contributed by atoms with E-state index in [-0.39, 0.29) is 30.3 Å². The van der Waals surface area contributed by atoms with E-state index < -0.39 is 28.5 Å². The minimum atomic E-state index is -3.91. The Morgan fingerprint density at radius 2 is 1.58 bits per heavy atom. The number of benzene rings is 3. The molecule has 2 amide bonds. The van der Waals surface area contributed by atoms with Gasteiger partial charge in [0.25, 0.3) is 0 Å². The fraction of sp³-hybridized carbons (Fsp3) is 0.250. The molecular formula is C28H30BrN3O5S. The molecule has 38 heavy (non-hydrogen) atoms. The molecule has 3 aromatic rings. The number of likely N-dealkylation sites (N-methyl/N-ethyl adjacent to an activating group) is 1. The number of carbonyl (C=O) groups is 3. The molecule has 0 aliphatic heterocycles. The average molecular weight is 601 g/mol. The maximum Gasteiger partial charge on any atom is 0.244 e. The van der Waals surface area contributed by atoms with Gasteiger partial charge in [0, 0.05) is 30.0 Å². The topological polar surface area (TPSA) is 104 Å². The lowest BCUT2D eigenvalue weighted by atomic mass is 10.0. The number of anilines is 1. The molecule has 0 bridgehead atoms. The van der Waals surface area contributed by atoms with Crippen molar-refractivity contribution in [1.29, 1.82) is 0 Å². The van der Waals surface area contributed by atoms with Gasteiger partial charge in [-0.25, -0.2) is 8.42 Å². The van der Waals surface area contributed by atoms with Crippen LogP contribution in [0.1, 0.15) is 28.4 Å². The number of nitrogens with zero attached hydrogens (tertiary/aromatic N) is 2. The minimum Gasteiger partial charge on any atom is -0.357 e. The first-order valence-electron chi connectivity index (χ1n) is 11.9. The highest BCUT2D eigenvalue weighted by Crippen LogP contribution is 2.22. The van der Waals surface area contributed by atoms with Crippen molar-refractivity contribution in [3.8, 4) is 0 Å². The van der Waals surface area contributed by atoms with E-state index in [9.17, 15) is 22.8 Å². The van der Waals surface area contributed by atoms with E-state index >= 15 is 0 Å². The van der Waals surface area contributed by atoms with Crippen LogP contribution < -0.4 is 9.62 Å². The SMILES string of the molecule is CNC(=O)[C@H](Cc1ccccc1)N(Cc1cccc(Br)c1)C(=O)CN(c1cccc(C(C)=O)c1)S(C)(=O)=O. The number of hydrogen-bond acceptors (Lipinski definition) is 5. The third-order valence-electron chi connectivity index (χ3n) is 5.98. The number of rotatable bonds is 11. The number of Topliss-reactive ketones (excluding diaryl/α,β-unsaturated/α-hetero) is 1. The average Bonchev–Trinajstić information content (AvgIpc) is 2.88. The van der Waals surface area contributed by atoms with Crippen LogP contribution >= 0.6 is 15.9 Å². The Bertz CT molecular complexity index is 1410. The summed E-state index contributed by atoms with van der Waals surface area (Å²) in [5, 5.41) is 2.64. The molecule has 0 heterocycles. The quantitative estimate of drug-likeness (QED) is 0.338. The molecule has 0 radical (unpaired) electrons. The Balaban J connectivity index is 2.04. The maximum absolute atomic E-state index is 13.9. The number of sulfonamides is 1. The van der Waals surface area contributed by atoms with Gasteiger partial charge in [-0.15, -0.1) is 0 Å². The van der Waals surface area contributed by atoms with Crippen LogP contribution in [0.5, 0.6) is 0 Å². The summed E-state index contributed by atoms with van der Waals surface area (Å²) < 4.78 is 27.4. The number of amides is 2. The smallest absolute Gasteiger partial charge is 0.244 e. The van der Waals surface area contributed by atoms with Gasteiger partial charge in [-0.2, -0.15) is 0 Å². The molecule has 0 aliphatic carbocycles. The summed E-state index contributed by atoms with van der Waals surface area (Å²) in [5.74, 6) is -1.17. The molecule has 0 aromatic heterocycles. The van der Waals surface area contributed by atoms with Gasteiger partial charge in [0.1, 0.15) is 12.6 Å². The van der Waals surface area contributed by atoms with Crippen LogP contribution in [-0.4, -0.2) is 56.8 Å². The monoisotopic (exact) mass is 599 g/mol. The maximum atomic E-state index is 13.9. The van der Waals surface area contributed by atoms with Gasteiger partial charge in [-0.05, 0) is 42.3 Å². The molecule has 0 spiro atoms. The molecule has 0 saturated carbocycles. The molecule has 3 rings (SSSR count).